The van der Waals surface area contributed by atoms with Crippen molar-refractivity contribution in [3.8, 4) is 5.75 Å². The van der Waals surface area contributed by atoms with Gasteiger partial charge in [0.2, 0.25) is 0 Å². The van der Waals surface area contributed by atoms with Crippen LogP contribution in [0, 0.1) is 0 Å². The van der Waals surface area contributed by atoms with Gasteiger partial charge in [-0.1, -0.05) is 36.4 Å². The summed E-state index contributed by atoms with van der Waals surface area (Å²) in [4.78, 5) is 2.51. The van der Waals surface area contributed by atoms with Crippen LogP contribution >= 0.6 is 0 Å². The molecule has 128 valence electrons. The summed E-state index contributed by atoms with van der Waals surface area (Å²) in [7, 11) is 2.25. The summed E-state index contributed by atoms with van der Waals surface area (Å²) in [6.45, 7) is 2.27. The Balaban J connectivity index is 1.55. The van der Waals surface area contributed by atoms with E-state index in [1.165, 1.54) is 29.5 Å². The van der Waals surface area contributed by atoms with Gasteiger partial charge in [-0.3, -0.25) is 4.90 Å². The van der Waals surface area contributed by atoms with Crippen molar-refractivity contribution in [2.75, 3.05) is 26.7 Å². The predicted octanol–water partition coefficient (Wildman–Crippen LogP) is 3.58. The zero-order valence-corrected chi connectivity index (χ0v) is 14.6. The summed E-state index contributed by atoms with van der Waals surface area (Å²) < 4.78 is 5.65. The van der Waals surface area contributed by atoms with Crippen molar-refractivity contribution in [3.63, 3.8) is 0 Å². The molecule has 1 unspecified atom stereocenters. The number of benzene rings is 2. The van der Waals surface area contributed by atoms with E-state index in [0.29, 0.717) is 19.2 Å². The number of rotatable bonds is 8. The van der Waals surface area contributed by atoms with E-state index in [9.17, 15) is 0 Å². The number of fused-ring (bicyclic) bond motifs is 1. The molecule has 3 nitrogen and oxygen atoms in total. The minimum absolute atomic E-state index is 0.541. The van der Waals surface area contributed by atoms with Gasteiger partial charge in [0.15, 0.2) is 0 Å². The highest BCUT2D eigenvalue weighted by atomic mass is 16.5. The largest absolute Gasteiger partial charge is 0.492 e. The van der Waals surface area contributed by atoms with E-state index in [2.05, 4.69) is 60.5 Å². The highest BCUT2D eigenvalue weighted by Gasteiger charge is 2.25. The summed E-state index contributed by atoms with van der Waals surface area (Å²) in [5, 5.41) is 0. The van der Waals surface area contributed by atoms with Gasteiger partial charge in [-0.25, -0.2) is 0 Å². The summed E-state index contributed by atoms with van der Waals surface area (Å²) in [5.41, 5.74) is 9.84. The van der Waals surface area contributed by atoms with E-state index in [1.807, 2.05) is 0 Å². The Bertz CT molecular complexity index is 642. The first-order valence-corrected chi connectivity index (χ1v) is 8.98. The maximum absolute atomic E-state index is 5.65. The molecule has 0 aliphatic heterocycles. The second-order valence-corrected chi connectivity index (χ2v) is 6.62. The molecule has 0 bridgehead atoms. The minimum atomic E-state index is 0.541. The fourth-order valence-corrected chi connectivity index (χ4v) is 3.63. The zero-order valence-electron chi connectivity index (χ0n) is 14.6. The van der Waals surface area contributed by atoms with Crippen molar-refractivity contribution in [1.82, 2.24) is 4.90 Å². The van der Waals surface area contributed by atoms with Crippen LogP contribution in [-0.2, 0) is 12.8 Å². The molecule has 24 heavy (non-hydrogen) atoms. The molecule has 0 saturated carbocycles. The van der Waals surface area contributed by atoms with Crippen LogP contribution in [0.15, 0.2) is 48.5 Å². The zero-order chi connectivity index (χ0) is 16.8. The molecule has 0 fully saturated rings. The molecule has 2 aromatic carbocycles. The lowest BCUT2D eigenvalue weighted by molar-refractivity contribution is 0.241. The Kier molecular flexibility index (Phi) is 5.89. The van der Waals surface area contributed by atoms with Crippen molar-refractivity contribution in [3.05, 3.63) is 65.2 Å². The Morgan fingerprint density at radius 3 is 2.79 bits per heavy atom. The van der Waals surface area contributed by atoms with Gasteiger partial charge in [-0.15, -0.1) is 0 Å². The number of hydrogen-bond acceptors (Lipinski definition) is 3. The molecular weight excluding hydrogens is 296 g/mol. The average Bonchev–Trinajstić information content (AvgIpc) is 3.04. The first kappa shape index (κ1) is 17.0. The van der Waals surface area contributed by atoms with Crippen LogP contribution in [0.4, 0.5) is 0 Å². The first-order valence-electron chi connectivity index (χ1n) is 8.98. The molecule has 1 aliphatic rings. The molecule has 0 amide bonds. The molecule has 0 spiro atoms. The monoisotopic (exact) mass is 324 g/mol. The van der Waals surface area contributed by atoms with E-state index >= 15 is 0 Å². The third-order valence-electron chi connectivity index (χ3n) is 4.90. The lowest BCUT2D eigenvalue weighted by Gasteiger charge is -2.25. The van der Waals surface area contributed by atoms with Gasteiger partial charge in [0.25, 0.3) is 0 Å². The number of ether oxygens (including phenoxy) is 1. The maximum atomic E-state index is 5.65. The van der Waals surface area contributed by atoms with Gasteiger partial charge in [0.05, 0.1) is 0 Å². The normalized spacial score (nSPS) is 16.4. The lowest BCUT2D eigenvalue weighted by Crippen LogP contribution is -2.24. The van der Waals surface area contributed by atoms with Gasteiger partial charge in [0.1, 0.15) is 12.4 Å². The van der Waals surface area contributed by atoms with E-state index in [4.69, 9.17) is 10.5 Å². The van der Waals surface area contributed by atoms with E-state index in [-0.39, 0.29) is 0 Å². The quantitative estimate of drug-likeness (QED) is 0.806. The molecule has 3 rings (SSSR count). The van der Waals surface area contributed by atoms with Crippen molar-refractivity contribution in [2.24, 2.45) is 5.73 Å². The van der Waals surface area contributed by atoms with Crippen LogP contribution in [0.2, 0.25) is 0 Å². The average molecular weight is 324 g/mol. The topological polar surface area (TPSA) is 38.5 Å². The Morgan fingerprint density at radius 1 is 1.17 bits per heavy atom. The van der Waals surface area contributed by atoms with Crippen LogP contribution in [0.25, 0.3) is 0 Å². The van der Waals surface area contributed by atoms with Crippen LogP contribution < -0.4 is 10.5 Å². The lowest BCUT2D eigenvalue weighted by atomic mass is 10.1. The molecule has 1 aliphatic carbocycles. The summed E-state index contributed by atoms with van der Waals surface area (Å²) in [6.07, 6.45) is 4.70. The number of aryl methyl sites for hydroxylation is 2. The molecule has 0 heterocycles. The Hall–Kier alpha value is -1.84. The van der Waals surface area contributed by atoms with Crippen LogP contribution in [-0.4, -0.2) is 31.6 Å². The first-order chi connectivity index (χ1) is 11.8. The molecular formula is C21H28N2O. The molecule has 2 aromatic rings. The van der Waals surface area contributed by atoms with Crippen molar-refractivity contribution in [2.45, 2.75) is 31.7 Å². The predicted molar refractivity (Wildman–Crippen MR) is 99.4 cm³/mol. The van der Waals surface area contributed by atoms with Crippen molar-refractivity contribution >= 4 is 0 Å². The van der Waals surface area contributed by atoms with E-state index in [1.54, 1.807) is 0 Å². The second kappa shape index (κ2) is 8.32. The van der Waals surface area contributed by atoms with Crippen LogP contribution in [0.5, 0.6) is 5.75 Å². The number of nitrogens with zero attached hydrogens (tertiary/aromatic N) is 1. The summed E-state index contributed by atoms with van der Waals surface area (Å²) in [5.74, 6) is 0.951. The van der Waals surface area contributed by atoms with Gasteiger partial charge in [-0.05, 0) is 68.1 Å². The molecule has 2 N–H and O–H groups in total. The van der Waals surface area contributed by atoms with Crippen molar-refractivity contribution < 1.29 is 4.74 Å². The molecule has 0 radical (unpaired) electrons. The third-order valence-corrected chi connectivity index (χ3v) is 4.90. The van der Waals surface area contributed by atoms with E-state index < -0.39 is 0 Å². The van der Waals surface area contributed by atoms with Crippen LogP contribution in [0.3, 0.4) is 0 Å². The highest BCUT2D eigenvalue weighted by molar-refractivity contribution is 5.40. The van der Waals surface area contributed by atoms with Gasteiger partial charge >= 0.3 is 0 Å². The third kappa shape index (κ3) is 4.16. The Labute approximate surface area is 145 Å². The van der Waals surface area contributed by atoms with Gasteiger partial charge in [-0.2, -0.15) is 0 Å². The number of nitrogens with two attached hydrogens (primary N) is 1. The SMILES string of the molecule is CN(CCCc1ccccc1)C1CCc2cc(OCCN)ccc21. The fourth-order valence-electron chi connectivity index (χ4n) is 3.63. The number of hydrogen-bond donors (Lipinski definition) is 1. The van der Waals surface area contributed by atoms with Gasteiger partial charge in [0, 0.05) is 12.6 Å². The van der Waals surface area contributed by atoms with Crippen molar-refractivity contribution in [1.29, 1.82) is 0 Å². The highest BCUT2D eigenvalue weighted by Crippen LogP contribution is 2.37. The van der Waals surface area contributed by atoms with Crippen LogP contribution in [0.1, 0.15) is 35.6 Å². The maximum Gasteiger partial charge on any atom is 0.119 e. The van der Waals surface area contributed by atoms with Gasteiger partial charge < -0.3 is 10.5 Å². The smallest absolute Gasteiger partial charge is 0.119 e. The summed E-state index contributed by atoms with van der Waals surface area (Å²) >= 11 is 0. The Morgan fingerprint density at radius 2 is 2.00 bits per heavy atom. The van der Waals surface area contributed by atoms with E-state index in [0.717, 1.165) is 25.1 Å². The second-order valence-electron chi connectivity index (χ2n) is 6.62. The minimum Gasteiger partial charge on any atom is -0.492 e. The molecule has 0 saturated heterocycles. The summed E-state index contributed by atoms with van der Waals surface area (Å²) in [6, 6.07) is 17.8. The standard InChI is InChI=1S/C21H28N2O/c1-23(14-5-8-17-6-3-2-4-7-17)21-12-9-18-16-19(24-15-13-22)10-11-20(18)21/h2-4,6-7,10-11,16,21H,5,8-9,12-15,22H2,1H3. The molecule has 1 atom stereocenters. The fraction of sp³-hybridized carbons (Fsp3) is 0.429. The molecule has 0 aromatic heterocycles. The molecule has 3 heteroatoms.